The summed E-state index contributed by atoms with van der Waals surface area (Å²) >= 11 is 0. The maximum absolute atomic E-state index is 9.47. The van der Waals surface area contributed by atoms with Crippen molar-refractivity contribution in [2.24, 2.45) is 11.8 Å². The third-order valence-electron chi connectivity index (χ3n) is 5.99. The lowest BCUT2D eigenvalue weighted by Gasteiger charge is -2.38. The molecule has 0 spiro atoms. The molecule has 0 radical (unpaired) electrons. The summed E-state index contributed by atoms with van der Waals surface area (Å²) in [5.41, 5.74) is 0. The van der Waals surface area contributed by atoms with E-state index in [0.29, 0.717) is 6.04 Å². The summed E-state index contributed by atoms with van der Waals surface area (Å²) in [6, 6.07) is 3.93. The van der Waals surface area contributed by atoms with Crippen LogP contribution in [0.4, 0.5) is 0 Å². The van der Waals surface area contributed by atoms with Crippen molar-refractivity contribution in [3.63, 3.8) is 0 Å². The van der Waals surface area contributed by atoms with E-state index in [-0.39, 0.29) is 5.92 Å². The van der Waals surface area contributed by atoms with E-state index >= 15 is 0 Å². The summed E-state index contributed by atoms with van der Waals surface area (Å²) in [5, 5.41) is 9.47. The van der Waals surface area contributed by atoms with Crippen molar-refractivity contribution in [1.29, 1.82) is 5.26 Å². The van der Waals surface area contributed by atoms with Gasteiger partial charge < -0.3 is 0 Å². The Morgan fingerprint density at radius 1 is 1.05 bits per heavy atom. The van der Waals surface area contributed by atoms with Crippen LogP contribution in [0.1, 0.15) is 51.9 Å². The fourth-order valence-electron chi connectivity index (χ4n) is 4.63. The average molecular weight is 275 g/mol. The van der Waals surface area contributed by atoms with Gasteiger partial charge in [-0.15, -0.1) is 0 Å². The van der Waals surface area contributed by atoms with Crippen LogP contribution in [-0.2, 0) is 0 Å². The minimum absolute atomic E-state index is 0.287. The number of rotatable bonds is 3. The molecule has 0 amide bonds. The zero-order chi connectivity index (χ0) is 13.9. The van der Waals surface area contributed by atoms with Gasteiger partial charge in [-0.25, -0.2) is 0 Å². The van der Waals surface area contributed by atoms with Crippen LogP contribution in [0.3, 0.4) is 0 Å². The monoisotopic (exact) mass is 275 g/mol. The van der Waals surface area contributed by atoms with Gasteiger partial charge in [-0.2, -0.15) is 5.26 Å². The van der Waals surface area contributed by atoms with Crippen molar-refractivity contribution in [3.8, 4) is 6.07 Å². The predicted octanol–water partition coefficient (Wildman–Crippen LogP) is 2.87. The van der Waals surface area contributed by atoms with Crippen LogP contribution in [0.15, 0.2) is 0 Å². The molecule has 2 aliphatic heterocycles. The second-order valence-corrected chi connectivity index (χ2v) is 7.07. The van der Waals surface area contributed by atoms with Gasteiger partial charge in [0, 0.05) is 25.2 Å². The lowest BCUT2D eigenvalue weighted by atomic mass is 9.77. The van der Waals surface area contributed by atoms with Crippen LogP contribution in [-0.4, -0.2) is 48.1 Å². The van der Waals surface area contributed by atoms with E-state index in [1.165, 1.54) is 64.7 Å². The fraction of sp³-hybridized carbons (Fsp3) is 0.941. The second kappa shape index (κ2) is 6.45. The van der Waals surface area contributed by atoms with E-state index in [4.69, 9.17) is 0 Å². The number of likely N-dealkylation sites (tertiary alicyclic amines) is 2. The summed E-state index contributed by atoms with van der Waals surface area (Å²) < 4.78 is 0. The Morgan fingerprint density at radius 3 is 2.55 bits per heavy atom. The van der Waals surface area contributed by atoms with Crippen LogP contribution < -0.4 is 0 Å². The molecule has 3 rings (SSSR count). The van der Waals surface area contributed by atoms with Gasteiger partial charge in [0.1, 0.15) is 0 Å². The van der Waals surface area contributed by atoms with E-state index in [0.717, 1.165) is 18.4 Å². The highest BCUT2D eigenvalue weighted by Gasteiger charge is 2.38. The number of nitriles is 1. The van der Waals surface area contributed by atoms with Crippen LogP contribution in [0.25, 0.3) is 0 Å². The molecule has 0 aromatic rings. The first kappa shape index (κ1) is 14.4. The van der Waals surface area contributed by atoms with Gasteiger partial charge in [0.25, 0.3) is 0 Å². The van der Waals surface area contributed by atoms with Gasteiger partial charge in [0.2, 0.25) is 0 Å². The van der Waals surface area contributed by atoms with Gasteiger partial charge in [0.05, 0.1) is 12.0 Å². The van der Waals surface area contributed by atoms with Crippen molar-refractivity contribution in [3.05, 3.63) is 0 Å². The first-order chi connectivity index (χ1) is 9.81. The molecule has 3 heteroatoms. The molecule has 0 bridgehead atoms. The number of hydrogen-bond donors (Lipinski definition) is 0. The van der Waals surface area contributed by atoms with Crippen molar-refractivity contribution in [1.82, 2.24) is 9.80 Å². The smallest absolute Gasteiger partial charge is 0.0672 e. The zero-order valence-corrected chi connectivity index (χ0v) is 12.9. The largest absolute Gasteiger partial charge is 0.299 e. The SMILES string of the molecule is CCC1CCC(C#N)C(N2CCC(N3CCCC3)C2)C1. The van der Waals surface area contributed by atoms with E-state index in [2.05, 4.69) is 22.8 Å². The van der Waals surface area contributed by atoms with Crippen molar-refractivity contribution in [2.45, 2.75) is 64.0 Å². The molecule has 0 N–H and O–H groups in total. The first-order valence-corrected chi connectivity index (χ1v) is 8.69. The van der Waals surface area contributed by atoms with E-state index in [1.807, 2.05) is 0 Å². The molecule has 4 unspecified atom stereocenters. The topological polar surface area (TPSA) is 30.3 Å². The average Bonchev–Trinajstić information content (AvgIpc) is 3.17. The molecular formula is C17H29N3. The highest BCUT2D eigenvalue weighted by molar-refractivity contribution is 5.00. The molecule has 1 saturated carbocycles. The van der Waals surface area contributed by atoms with Crippen LogP contribution in [0.5, 0.6) is 0 Å². The fourth-order valence-corrected chi connectivity index (χ4v) is 4.63. The molecule has 3 nitrogen and oxygen atoms in total. The Bertz CT molecular complexity index is 356. The molecule has 2 heterocycles. The third kappa shape index (κ3) is 2.87. The maximum atomic E-state index is 9.47. The second-order valence-electron chi connectivity index (χ2n) is 7.07. The van der Waals surface area contributed by atoms with Crippen LogP contribution in [0, 0.1) is 23.2 Å². The summed E-state index contributed by atoms with van der Waals surface area (Å²) in [4.78, 5) is 5.36. The van der Waals surface area contributed by atoms with Gasteiger partial charge in [0.15, 0.2) is 0 Å². The predicted molar refractivity (Wildman–Crippen MR) is 81.3 cm³/mol. The lowest BCUT2D eigenvalue weighted by molar-refractivity contribution is 0.112. The van der Waals surface area contributed by atoms with Crippen molar-refractivity contribution >= 4 is 0 Å². The van der Waals surface area contributed by atoms with E-state index in [9.17, 15) is 5.26 Å². The quantitative estimate of drug-likeness (QED) is 0.793. The summed E-state index contributed by atoms with van der Waals surface area (Å²) in [5.74, 6) is 1.14. The van der Waals surface area contributed by atoms with Gasteiger partial charge in [-0.1, -0.05) is 13.3 Å². The Hall–Kier alpha value is -0.590. The molecule has 0 aromatic heterocycles. The lowest BCUT2D eigenvalue weighted by Crippen LogP contribution is -2.44. The van der Waals surface area contributed by atoms with E-state index < -0.39 is 0 Å². The highest BCUT2D eigenvalue weighted by Crippen LogP contribution is 2.36. The normalized spacial score (nSPS) is 40.0. The molecule has 2 saturated heterocycles. The minimum atomic E-state index is 0.287. The molecular weight excluding hydrogens is 246 g/mol. The van der Waals surface area contributed by atoms with Gasteiger partial charge in [-0.3, -0.25) is 9.80 Å². The summed E-state index contributed by atoms with van der Waals surface area (Å²) in [6.07, 6.45) is 9.06. The molecule has 1 aliphatic carbocycles. The Labute approximate surface area is 123 Å². The van der Waals surface area contributed by atoms with Crippen molar-refractivity contribution < 1.29 is 0 Å². The zero-order valence-electron chi connectivity index (χ0n) is 12.9. The van der Waals surface area contributed by atoms with Gasteiger partial charge >= 0.3 is 0 Å². The first-order valence-electron chi connectivity index (χ1n) is 8.69. The molecule has 3 fully saturated rings. The van der Waals surface area contributed by atoms with Gasteiger partial charge in [-0.05, 0) is 57.5 Å². The standard InChI is InChI=1S/C17H29N3/c1-2-14-5-6-15(12-18)17(11-14)20-10-7-16(13-20)19-8-3-4-9-19/h14-17H,2-11,13H2,1H3. The number of nitrogens with zero attached hydrogens (tertiary/aromatic N) is 3. The highest BCUT2D eigenvalue weighted by atomic mass is 15.3. The Morgan fingerprint density at radius 2 is 1.85 bits per heavy atom. The maximum Gasteiger partial charge on any atom is 0.0672 e. The number of hydrogen-bond acceptors (Lipinski definition) is 3. The third-order valence-corrected chi connectivity index (χ3v) is 5.99. The summed E-state index contributed by atoms with van der Waals surface area (Å²) in [6.45, 7) is 7.37. The summed E-state index contributed by atoms with van der Waals surface area (Å²) in [7, 11) is 0. The van der Waals surface area contributed by atoms with Crippen LogP contribution in [0.2, 0.25) is 0 Å². The molecule has 112 valence electrons. The molecule has 4 atom stereocenters. The van der Waals surface area contributed by atoms with Crippen molar-refractivity contribution in [2.75, 3.05) is 26.2 Å². The Kier molecular flexibility index (Phi) is 4.63. The van der Waals surface area contributed by atoms with Crippen LogP contribution >= 0.6 is 0 Å². The minimum Gasteiger partial charge on any atom is -0.299 e. The molecule has 0 aromatic carbocycles. The Balaban J connectivity index is 1.61. The molecule has 3 aliphatic rings. The molecule has 20 heavy (non-hydrogen) atoms. The van der Waals surface area contributed by atoms with E-state index in [1.54, 1.807) is 0 Å².